The van der Waals surface area contributed by atoms with Crippen LogP contribution in [0.3, 0.4) is 0 Å². The number of carbonyl (C=O) groups is 1. The molecule has 2 aromatic rings. The number of amides is 1. The molecule has 0 aromatic carbocycles. The number of fused-ring (bicyclic) bond motifs is 1. The Bertz CT molecular complexity index is 559. The Hall–Kier alpha value is -2.11. The minimum atomic E-state index is -0.186. The zero-order valence-corrected chi connectivity index (χ0v) is 10.1. The summed E-state index contributed by atoms with van der Waals surface area (Å²) >= 11 is 0. The van der Waals surface area contributed by atoms with Gasteiger partial charge in [0.1, 0.15) is 12.1 Å². The van der Waals surface area contributed by atoms with Crippen molar-refractivity contribution >= 4 is 5.91 Å². The van der Waals surface area contributed by atoms with Gasteiger partial charge in [-0.3, -0.25) is 4.79 Å². The maximum absolute atomic E-state index is 11.8. The van der Waals surface area contributed by atoms with Crippen LogP contribution in [0.4, 0.5) is 0 Å². The first-order chi connectivity index (χ1) is 8.72. The average molecular weight is 246 g/mol. The van der Waals surface area contributed by atoms with Crippen LogP contribution in [-0.2, 0) is 13.0 Å². The molecule has 1 aliphatic heterocycles. The predicted octanol–water partition coefficient (Wildman–Crippen LogP) is 0.924. The summed E-state index contributed by atoms with van der Waals surface area (Å²) < 4.78 is 6.76. The van der Waals surface area contributed by atoms with Gasteiger partial charge in [0.05, 0.1) is 5.69 Å². The van der Waals surface area contributed by atoms with Gasteiger partial charge in [-0.1, -0.05) is 5.16 Å². The van der Waals surface area contributed by atoms with Crippen LogP contribution in [0, 0.1) is 6.92 Å². The Morgan fingerprint density at radius 1 is 1.61 bits per heavy atom. The van der Waals surface area contributed by atoms with Gasteiger partial charge >= 0.3 is 0 Å². The quantitative estimate of drug-likeness (QED) is 0.855. The largest absolute Gasteiger partial charge is 0.364 e. The standard InChI is InChI=1S/C12H14N4O2/c1-8-6-16-7-9(2-3-11(16)13-8)14-12(17)10-4-5-18-15-10/h4-6,9H,2-3,7H2,1H3,(H,14,17)/t9-/m1/s1. The van der Waals surface area contributed by atoms with E-state index in [0.717, 1.165) is 30.9 Å². The van der Waals surface area contributed by atoms with Gasteiger partial charge in [0.2, 0.25) is 0 Å². The molecule has 0 saturated carbocycles. The summed E-state index contributed by atoms with van der Waals surface area (Å²) in [6.07, 6.45) is 5.20. The van der Waals surface area contributed by atoms with E-state index in [9.17, 15) is 4.79 Å². The maximum Gasteiger partial charge on any atom is 0.273 e. The first-order valence-corrected chi connectivity index (χ1v) is 5.96. The van der Waals surface area contributed by atoms with Crippen LogP contribution < -0.4 is 5.32 Å². The molecule has 2 aromatic heterocycles. The maximum atomic E-state index is 11.8. The number of aromatic nitrogens is 3. The lowest BCUT2D eigenvalue weighted by Gasteiger charge is -2.24. The fourth-order valence-corrected chi connectivity index (χ4v) is 2.29. The highest BCUT2D eigenvalue weighted by Crippen LogP contribution is 2.15. The summed E-state index contributed by atoms with van der Waals surface area (Å²) in [6, 6.07) is 1.68. The van der Waals surface area contributed by atoms with Gasteiger partial charge in [0.25, 0.3) is 5.91 Å². The topological polar surface area (TPSA) is 73.0 Å². The van der Waals surface area contributed by atoms with Gasteiger partial charge in [0, 0.05) is 31.3 Å². The van der Waals surface area contributed by atoms with E-state index in [1.807, 2.05) is 13.1 Å². The molecule has 0 spiro atoms. The summed E-state index contributed by atoms with van der Waals surface area (Å²) in [7, 11) is 0. The van der Waals surface area contributed by atoms with Crippen molar-refractivity contribution in [1.29, 1.82) is 0 Å². The normalized spacial score (nSPS) is 18.4. The monoisotopic (exact) mass is 246 g/mol. The molecule has 0 saturated heterocycles. The molecule has 1 amide bonds. The molecule has 0 bridgehead atoms. The molecule has 18 heavy (non-hydrogen) atoms. The molecule has 0 fully saturated rings. The third-order valence-electron chi connectivity index (χ3n) is 3.12. The van der Waals surface area contributed by atoms with Crippen LogP contribution in [0.1, 0.15) is 28.4 Å². The van der Waals surface area contributed by atoms with Crippen LogP contribution in [0.2, 0.25) is 0 Å². The van der Waals surface area contributed by atoms with Gasteiger partial charge in [-0.25, -0.2) is 4.98 Å². The van der Waals surface area contributed by atoms with Crippen molar-refractivity contribution in [3.05, 3.63) is 35.7 Å². The van der Waals surface area contributed by atoms with Crippen molar-refractivity contribution in [1.82, 2.24) is 20.0 Å². The second-order valence-electron chi connectivity index (χ2n) is 4.54. The van der Waals surface area contributed by atoms with Gasteiger partial charge < -0.3 is 14.4 Å². The molecule has 0 unspecified atom stereocenters. The van der Waals surface area contributed by atoms with Crippen molar-refractivity contribution < 1.29 is 9.32 Å². The first-order valence-electron chi connectivity index (χ1n) is 5.96. The van der Waals surface area contributed by atoms with Crippen molar-refractivity contribution in [3.8, 4) is 0 Å². The Kier molecular flexibility index (Phi) is 2.62. The van der Waals surface area contributed by atoms with Gasteiger partial charge in [-0.15, -0.1) is 0 Å². The van der Waals surface area contributed by atoms with E-state index in [2.05, 4.69) is 24.5 Å². The highest BCUT2D eigenvalue weighted by atomic mass is 16.5. The van der Waals surface area contributed by atoms with Crippen molar-refractivity contribution in [2.45, 2.75) is 32.4 Å². The molecule has 1 aliphatic rings. The number of aryl methyl sites for hydroxylation is 2. The number of nitrogens with one attached hydrogen (secondary N) is 1. The smallest absolute Gasteiger partial charge is 0.273 e. The van der Waals surface area contributed by atoms with E-state index >= 15 is 0 Å². The molecule has 1 N–H and O–H groups in total. The van der Waals surface area contributed by atoms with E-state index in [4.69, 9.17) is 0 Å². The number of nitrogens with zero attached hydrogens (tertiary/aromatic N) is 3. The van der Waals surface area contributed by atoms with Crippen LogP contribution in [0.25, 0.3) is 0 Å². The number of rotatable bonds is 2. The van der Waals surface area contributed by atoms with Crippen LogP contribution in [0.15, 0.2) is 23.0 Å². The molecule has 0 radical (unpaired) electrons. The van der Waals surface area contributed by atoms with E-state index in [0.29, 0.717) is 5.69 Å². The SMILES string of the molecule is Cc1cn2c(n1)CC[C@@H](NC(=O)c1ccon1)C2. The average Bonchev–Trinajstić information content (AvgIpc) is 2.95. The zero-order valence-electron chi connectivity index (χ0n) is 10.1. The fourth-order valence-electron chi connectivity index (χ4n) is 2.29. The lowest BCUT2D eigenvalue weighted by Crippen LogP contribution is -2.41. The lowest BCUT2D eigenvalue weighted by atomic mass is 10.1. The number of hydrogen-bond donors (Lipinski definition) is 1. The highest BCUT2D eigenvalue weighted by molar-refractivity contribution is 5.92. The third-order valence-corrected chi connectivity index (χ3v) is 3.12. The van der Waals surface area contributed by atoms with Crippen LogP contribution >= 0.6 is 0 Å². The van der Waals surface area contributed by atoms with Gasteiger partial charge in [0.15, 0.2) is 5.69 Å². The summed E-state index contributed by atoms with van der Waals surface area (Å²) in [4.78, 5) is 16.3. The third kappa shape index (κ3) is 2.01. The molecular formula is C12H14N4O2. The minimum absolute atomic E-state index is 0.121. The molecule has 3 rings (SSSR count). The van der Waals surface area contributed by atoms with Crippen molar-refractivity contribution in [2.24, 2.45) is 0 Å². The summed E-state index contributed by atoms with van der Waals surface area (Å²) in [5, 5.41) is 6.59. The predicted molar refractivity (Wildman–Crippen MR) is 63.0 cm³/mol. The second kappa shape index (κ2) is 4.29. The fraction of sp³-hybridized carbons (Fsp3) is 0.417. The Balaban J connectivity index is 1.68. The van der Waals surface area contributed by atoms with E-state index in [1.54, 1.807) is 6.07 Å². The van der Waals surface area contributed by atoms with E-state index in [1.165, 1.54) is 6.26 Å². The minimum Gasteiger partial charge on any atom is -0.364 e. The molecule has 94 valence electrons. The number of hydrogen-bond acceptors (Lipinski definition) is 4. The molecule has 6 heteroatoms. The van der Waals surface area contributed by atoms with E-state index < -0.39 is 0 Å². The van der Waals surface area contributed by atoms with Crippen LogP contribution in [-0.4, -0.2) is 26.7 Å². The van der Waals surface area contributed by atoms with Crippen molar-refractivity contribution in [3.63, 3.8) is 0 Å². The Labute approximate surface area is 104 Å². The van der Waals surface area contributed by atoms with E-state index in [-0.39, 0.29) is 11.9 Å². The van der Waals surface area contributed by atoms with Gasteiger partial charge in [-0.2, -0.15) is 0 Å². The highest BCUT2D eigenvalue weighted by Gasteiger charge is 2.22. The Morgan fingerprint density at radius 3 is 3.28 bits per heavy atom. The molecule has 0 aliphatic carbocycles. The van der Waals surface area contributed by atoms with Gasteiger partial charge in [-0.05, 0) is 13.3 Å². The molecule has 6 nitrogen and oxygen atoms in total. The zero-order chi connectivity index (χ0) is 12.5. The second-order valence-corrected chi connectivity index (χ2v) is 4.54. The Morgan fingerprint density at radius 2 is 2.50 bits per heavy atom. The molecule has 1 atom stereocenters. The first kappa shape index (κ1) is 11.0. The van der Waals surface area contributed by atoms with Crippen molar-refractivity contribution in [2.75, 3.05) is 0 Å². The summed E-state index contributed by atoms with van der Waals surface area (Å²) in [6.45, 7) is 2.74. The number of imidazole rings is 1. The molecular weight excluding hydrogens is 232 g/mol. The lowest BCUT2D eigenvalue weighted by molar-refractivity contribution is 0.0918. The molecule has 3 heterocycles. The van der Waals surface area contributed by atoms with Crippen LogP contribution in [0.5, 0.6) is 0 Å². The summed E-state index contributed by atoms with van der Waals surface area (Å²) in [5.74, 6) is 0.911. The summed E-state index contributed by atoms with van der Waals surface area (Å²) in [5.41, 5.74) is 1.34. The number of carbonyl (C=O) groups excluding carboxylic acids is 1.